The summed E-state index contributed by atoms with van der Waals surface area (Å²) >= 11 is 7.60. The van der Waals surface area contributed by atoms with Crippen molar-refractivity contribution < 1.29 is 9.47 Å². The van der Waals surface area contributed by atoms with Crippen LogP contribution in [0, 0.1) is 0 Å². The third-order valence-electron chi connectivity index (χ3n) is 3.20. The lowest BCUT2D eigenvalue weighted by atomic mass is 10.0. The van der Waals surface area contributed by atoms with Crippen molar-refractivity contribution in [3.8, 4) is 11.5 Å². The summed E-state index contributed by atoms with van der Waals surface area (Å²) in [4.78, 5) is 1.24. The van der Waals surface area contributed by atoms with Crippen LogP contribution in [-0.2, 0) is 6.42 Å². The normalized spacial score (nSPS) is 12.2. The van der Waals surface area contributed by atoms with Gasteiger partial charge in [-0.1, -0.05) is 17.7 Å². The lowest BCUT2D eigenvalue weighted by Crippen LogP contribution is -2.19. The Morgan fingerprint density at radius 1 is 1.20 bits per heavy atom. The highest BCUT2D eigenvalue weighted by Crippen LogP contribution is 2.33. The fourth-order valence-electron chi connectivity index (χ4n) is 2.14. The Labute approximate surface area is 128 Å². The smallest absolute Gasteiger partial charge is 0.127 e. The topological polar surface area (TPSA) is 30.5 Å². The number of likely N-dealkylation sites (N-methyl/N-ethyl adjacent to an activating group) is 1. The summed E-state index contributed by atoms with van der Waals surface area (Å²) in [6.07, 6.45) is 0.872. The predicted octanol–water partition coefficient (Wildman–Crippen LogP) is 3.92. The van der Waals surface area contributed by atoms with E-state index < -0.39 is 0 Å². The molecule has 0 bridgehead atoms. The Kier molecular flexibility index (Phi) is 5.29. The number of hydrogen-bond donors (Lipinski definition) is 1. The summed E-state index contributed by atoms with van der Waals surface area (Å²) in [6, 6.07) is 10.1. The van der Waals surface area contributed by atoms with Crippen LogP contribution in [0.15, 0.2) is 30.3 Å². The first-order chi connectivity index (χ1) is 9.67. The fourth-order valence-corrected chi connectivity index (χ4v) is 3.27. The van der Waals surface area contributed by atoms with Gasteiger partial charge in [0.15, 0.2) is 0 Å². The summed E-state index contributed by atoms with van der Waals surface area (Å²) < 4.78 is 11.5. The van der Waals surface area contributed by atoms with Crippen LogP contribution < -0.4 is 14.8 Å². The average molecular weight is 312 g/mol. The molecule has 0 saturated carbocycles. The minimum absolute atomic E-state index is 0.172. The van der Waals surface area contributed by atoms with Crippen LogP contribution in [0.25, 0.3) is 0 Å². The van der Waals surface area contributed by atoms with Crippen molar-refractivity contribution in [2.24, 2.45) is 0 Å². The van der Waals surface area contributed by atoms with Crippen LogP contribution in [0.2, 0.25) is 4.34 Å². The van der Waals surface area contributed by atoms with Crippen molar-refractivity contribution in [2.75, 3.05) is 21.3 Å². The zero-order valence-corrected chi connectivity index (χ0v) is 13.3. The van der Waals surface area contributed by atoms with Crippen molar-refractivity contribution in [1.29, 1.82) is 0 Å². The van der Waals surface area contributed by atoms with E-state index in [0.717, 1.165) is 27.8 Å². The van der Waals surface area contributed by atoms with Gasteiger partial charge in [-0.3, -0.25) is 0 Å². The molecule has 0 aliphatic heterocycles. The molecule has 20 heavy (non-hydrogen) atoms. The van der Waals surface area contributed by atoms with E-state index in [4.69, 9.17) is 21.1 Å². The van der Waals surface area contributed by atoms with Crippen molar-refractivity contribution in [3.05, 3.63) is 45.1 Å². The second kappa shape index (κ2) is 6.97. The number of hydrogen-bond acceptors (Lipinski definition) is 4. The molecule has 0 aliphatic rings. The monoisotopic (exact) mass is 311 g/mol. The lowest BCUT2D eigenvalue weighted by Gasteiger charge is -2.19. The Morgan fingerprint density at radius 2 is 2.00 bits per heavy atom. The largest absolute Gasteiger partial charge is 0.497 e. The first kappa shape index (κ1) is 15.2. The molecular weight excluding hydrogens is 294 g/mol. The minimum Gasteiger partial charge on any atom is -0.497 e. The summed E-state index contributed by atoms with van der Waals surface area (Å²) in [7, 11) is 5.27. The molecule has 2 aromatic rings. The fraction of sp³-hybridized carbons (Fsp3) is 0.333. The van der Waals surface area contributed by atoms with E-state index in [0.29, 0.717) is 0 Å². The van der Waals surface area contributed by atoms with Gasteiger partial charge in [0.1, 0.15) is 11.5 Å². The maximum Gasteiger partial charge on any atom is 0.127 e. The summed E-state index contributed by atoms with van der Waals surface area (Å²) in [6.45, 7) is 0. The molecule has 3 nitrogen and oxygen atoms in total. The minimum atomic E-state index is 0.172. The SMILES string of the molecule is CNC(Cc1ccc(Cl)s1)c1ccc(OC)cc1OC. The van der Waals surface area contributed by atoms with Crippen LogP contribution in [0.1, 0.15) is 16.5 Å². The molecule has 5 heteroatoms. The molecule has 2 rings (SSSR count). The number of nitrogens with one attached hydrogen (secondary N) is 1. The maximum absolute atomic E-state index is 5.99. The molecule has 1 aromatic heterocycles. The van der Waals surface area contributed by atoms with Gasteiger partial charge in [0.05, 0.1) is 18.6 Å². The summed E-state index contributed by atoms with van der Waals surface area (Å²) in [5.41, 5.74) is 1.11. The highest BCUT2D eigenvalue weighted by molar-refractivity contribution is 7.16. The molecule has 0 radical (unpaired) electrons. The van der Waals surface area contributed by atoms with Crippen molar-refractivity contribution in [2.45, 2.75) is 12.5 Å². The van der Waals surface area contributed by atoms with Gasteiger partial charge in [-0.15, -0.1) is 11.3 Å². The van der Waals surface area contributed by atoms with E-state index in [1.54, 1.807) is 25.6 Å². The first-order valence-electron chi connectivity index (χ1n) is 6.31. The van der Waals surface area contributed by atoms with Crippen LogP contribution in [0.4, 0.5) is 0 Å². The third-order valence-corrected chi connectivity index (χ3v) is 4.45. The average Bonchev–Trinajstić information content (AvgIpc) is 2.89. The van der Waals surface area contributed by atoms with Gasteiger partial charge >= 0.3 is 0 Å². The number of benzene rings is 1. The predicted molar refractivity (Wildman–Crippen MR) is 84.4 cm³/mol. The van der Waals surface area contributed by atoms with E-state index >= 15 is 0 Å². The number of thiophene rings is 1. The van der Waals surface area contributed by atoms with E-state index in [-0.39, 0.29) is 6.04 Å². The zero-order chi connectivity index (χ0) is 14.5. The molecule has 0 fully saturated rings. The Balaban J connectivity index is 2.26. The van der Waals surface area contributed by atoms with E-state index in [1.165, 1.54) is 4.88 Å². The first-order valence-corrected chi connectivity index (χ1v) is 7.50. The Morgan fingerprint density at radius 3 is 2.55 bits per heavy atom. The molecular formula is C15H18ClNO2S. The lowest BCUT2D eigenvalue weighted by molar-refractivity contribution is 0.385. The molecule has 0 saturated heterocycles. The van der Waals surface area contributed by atoms with Gasteiger partial charge in [-0.05, 0) is 25.2 Å². The van der Waals surface area contributed by atoms with Gasteiger partial charge in [0, 0.05) is 29.0 Å². The standard InChI is InChI=1S/C15H18ClNO2S/c1-17-13(9-11-5-7-15(16)20-11)12-6-4-10(18-2)8-14(12)19-3/h4-8,13,17H,9H2,1-3H3. The number of ether oxygens (including phenoxy) is 2. The van der Waals surface area contributed by atoms with Crippen molar-refractivity contribution in [1.82, 2.24) is 5.32 Å². The molecule has 1 atom stereocenters. The Hall–Kier alpha value is -1.23. The molecule has 0 amide bonds. The zero-order valence-electron chi connectivity index (χ0n) is 11.8. The van der Waals surface area contributed by atoms with Crippen LogP contribution >= 0.6 is 22.9 Å². The Bertz CT molecular complexity index is 571. The van der Waals surface area contributed by atoms with Crippen molar-refractivity contribution in [3.63, 3.8) is 0 Å². The molecule has 1 heterocycles. The third kappa shape index (κ3) is 3.45. The summed E-state index contributed by atoms with van der Waals surface area (Å²) in [5, 5.41) is 3.33. The van der Waals surface area contributed by atoms with Crippen LogP contribution in [-0.4, -0.2) is 21.3 Å². The number of methoxy groups -OCH3 is 2. The van der Waals surface area contributed by atoms with Crippen molar-refractivity contribution >= 4 is 22.9 Å². The molecule has 1 aromatic carbocycles. The second-order valence-electron chi connectivity index (χ2n) is 4.36. The van der Waals surface area contributed by atoms with Crippen LogP contribution in [0.5, 0.6) is 11.5 Å². The molecule has 0 spiro atoms. The molecule has 1 unspecified atom stereocenters. The number of rotatable bonds is 6. The maximum atomic E-state index is 5.99. The molecule has 1 N–H and O–H groups in total. The molecule has 108 valence electrons. The van der Waals surface area contributed by atoms with Gasteiger partial charge in [-0.25, -0.2) is 0 Å². The second-order valence-corrected chi connectivity index (χ2v) is 6.16. The van der Waals surface area contributed by atoms with Gasteiger partial charge in [0.2, 0.25) is 0 Å². The number of halogens is 1. The van der Waals surface area contributed by atoms with E-state index in [2.05, 4.69) is 11.4 Å². The quantitative estimate of drug-likeness (QED) is 0.877. The van der Waals surface area contributed by atoms with Crippen LogP contribution in [0.3, 0.4) is 0 Å². The highest BCUT2D eigenvalue weighted by Gasteiger charge is 2.16. The van der Waals surface area contributed by atoms with Gasteiger partial charge in [-0.2, -0.15) is 0 Å². The van der Waals surface area contributed by atoms with Gasteiger partial charge in [0.25, 0.3) is 0 Å². The van der Waals surface area contributed by atoms with E-state index in [9.17, 15) is 0 Å². The summed E-state index contributed by atoms with van der Waals surface area (Å²) in [5.74, 6) is 1.62. The van der Waals surface area contributed by atoms with Gasteiger partial charge < -0.3 is 14.8 Å². The highest BCUT2D eigenvalue weighted by atomic mass is 35.5. The molecule has 0 aliphatic carbocycles. The van der Waals surface area contributed by atoms with E-state index in [1.807, 2.05) is 31.3 Å².